The molecule has 0 amide bonds. The molecule has 1 aromatic rings. The van der Waals surface area contributed by atoms with Crippen LogP contribution >= 0.6 is 11.3 Å². The number of aliphatic carboxylic acids is 1. The molecule has 2 N–H and O–H groups in total. The largest absolute Gasteiger partial charge is 0.478 e. The Balaban J connectivity index is 2.22. The molecule has 2 heterocycles. The molecule has 78 valence electrons. The van der Waals surface area contributed by atoms with Gasteiger partial charge < -0.3 is 10.4 Å². The summed E-state index contributed by atoms with van der Waals surface area (Å²) >= 11 is 1.47. The number of hydrogen-bond donors (Lipinski definition) is 2. The van der Waals surface area contributed by atoms with Gasteiger partial charge in [-0.1, -0.05) is 0 Å². The maximum atomic E-state index is 10.8. The van der Waals surface area contributed by atoms with E-state index in [4.69, 9.17) is 5.11 Å². The molecule has 2 rings (SSSR count). The van der Waals surface area contributed by atoms with E-state index < -0.39 is 5.97 Å². The van der Waals surface area contributed by atoms with Gasteiger partial charge in [0.2, 0.25) is 0 Å². The summed E-state index contributed by atoms with van der Waals surface area (Å²) in [5, 5.41) is 14.4. The fourth-order valence-corrected chi connectivity index (χ4v) is 1.86. The Kier molecular flexibility index (Phi) is 2.51. The first kappa shape index (κ1) is 9.85. The molecule has 1 aliphatic heterocycles. The molecule has 0 saturated heterocycles. The summed E-state index contributed by atoms with van der Waals surface area (Å²) < 4.78 is 0. The van der Waals surface area contributed by atoms with Gasteiger partial charge in [-0.25, -0.2) is 9.78 Å². The van der Waals surface area contributed by atoms with Crippen LogP contribution in [0.5, 0.6) is 0 Å². The zero-order valence-electron chi connectivity index (χ0n) is 8.02. The van der Waals surface area contributed by atoms with Crippen molar-refractivity contribution in [2.75, 3.05) is 6.54 Å². The Hall–Kier alpha value is -1.69. The van der Waals surface area contributed by atoms with Crippen molar-refractivity contribution in [3.05, 3.63) is 27.9 Å². The minimum atomic E-state index is -0.929. The van der Waals surface area contributed by atoms with Crippen molar-refractivity contribution in [1.29, 1.82) is 0 Å². The Morgan fingerprint density at radius 2 is 2.47 bits per heavy atom. The van der Waals surface area contributed by atoms with Gasteiger partial charge in [0, 0.05) is 17.3 Å². The number of nitrogens with one attached hydrogen (secondary N) is 1. The molecule has 15 heavy (non-hydrogen) atoms. The van der Waals surface area contributed by atoms with Crippen LogP contribution in [0, 0.1) is 0 Å². The maximum Gasteiger partial charge on any atom is 0.335 e. The van der Waals surface area contributed by atoms with Crippen LogP contribution in [-0.2, 0) is 4.79 Å². The molecule has 0 radical (unpaired) electrons. The number of aliphatic imine (C=N–C) groups is 1. The first-order valence-electron chi connectivity index (χ1n) is 4.33. The van der Waals surface area contributed by atoms with Crippen LogP contribution < -0.4 is 5.32 Å². The van der Waals surface area contributed by atoms with E-state index >= 15 is 0 Å². The third-order valence-corrected chi connectivity index (χ3v) is 2.83. The smallest absolute Gasteiger partial charge is 0.335 e. The number of nitrogens with zero attached hydrogens (tertiary/aromatic N) is 2. The zero-order valence-corrected chi connectivity index (χ0v) is 8.84. The summed E-state index contributed by atoms with van der Waals surface area (Å²) in [6.07, 6.45) is 1.69. The van der Waals surface area contributed by atoms with Crippen LogP contribution in [0.25, 0.3) is 0 Å². The summed E-state index contributed by atoms with van der Waals surface area (Å²) in [6.45, 7) is 1.93. The van der Waals surface area contributed by atoms with Crippen molar-refractivity contribution >= 4 is 23.1 Å². The lowest BCUT2D eigenvalue weighted by molar-refractivity contribution is -0.132. The second kappa shape index (κ2) is 3.82. The minimum Gasteiger partial charge on any atom is -0.478 e. The molecule has 6 heteroatoms. The molecular formula is C9H9N3O2S. The molecule has 0 fully saturated rings. The predicted octanol–water partition coefficient (Wildman–Crippen LogP) is 0.851. The van der Waals surface area contributed by atoms with E-state index in [1.165, 1.54) is 11.3 Å². The molecule has 1 aromatic heterocycles. The van der Waals surface area contributed by atoms with Gasteiger partial charge in [0.1, 0.15) is 0 Å². The highest BCUT2D eigenvalue weighted by Crippen LogP contribution is 2.12. The Labute approximate surface area is 90.2 Å². The topological polar surface area (TPSA) is 74.6 Å². The fourth-order valence-electron chi connectivity index (χ4n) is 1.26. The summed E-state index contributed by atoms with van der Waals surface area (Å²) in [5.74, 6) is -0.283. The lowest BCUT2D eigenvalue weighted by atomic mass is 10.2. The van der Waals surface area contributed by atoms with Crippen LogP contribution in [0.2, 0.25) is 0 Å². The van der Waals surface area contributed by atoms with Gasteiger partial charge in [-0.15, -0.1) is 11.3 Å². The Morgan fingerprint density at radius 3 is 3.00 bits per heavy atom. The van der Waals surface area contributed by atoms with Gasteiger partial charge in [-0.3, -0.25) is 4.99 Å². The molecule has 0 unspecified atom stereocenters. The number of carboxylic acid groups (broad SMARTS) is 1. The van der Waals surface area contributed by atoms with Crippen molar-refractivity contribution in [1.82, 2.24) is 10.3 Å². The average molecular weight is 223 g/mol. The third kappa shape index (κ3) is 1.89. The van der Waals surface area contributed by atoms with Crippen molar-refractivity contribution in [3.63, 3.8) is 0 Å². The molecule has 0 aromatic carbocycles. The third-order valence-electron chi connectivity index (χ3n) is 2.05. The Morgan fingerprint density at radius 1 is 1.67 bits per heavy atom. The van der Waals surface area contributed by atoms with Crippen molar-refractivity contribution in [2.24, 2.45) is 4.99 Å². The Bertz CT molecular complexity index is 448. The molecule has 0 spiro atoms. The second-order valence-electron chi connectivity index (χ2n) is 3.04. The van der Waals surface area contributed by atoms with Gasteiger partial charge in [-0.05, 0) is 6.92 Å². The number of carboxylic acids is 1. The standard InChI is InChI=1S/C9H9N3O2S/c1-5-6(9(13)14)4-11-7(12-5)8-10-2-3-15-8/h2-3H,4H2,1H3,(H,11,12)(H,13,14). The first-order chi connectivity index (χ1) is 7.18. The number of hydrogen-bond acceptors (Lipinski definition) is 5. The second-order valence-corrected chi connectivity index (χ2v) is 3.93. The number of allylic oxidation sites excluding steroid dienone is 1. The normalized spacial score (nSPS) is 15.9. The summed E-state index contributed by atoms with van der Waals surface area (Å²) in [4.78, 5) is 19.0. The highest BCUT2D eigenvalue weighted by Gasteiger charge is 2.18. The molecule has 0 aliphatic carbocycles. The van der Waals surface area contributed by atoms with Gasteiger partial charge in [0.25, 0.3) is 0 Å². The highest BCUT2D eigenvalue weighted by molar-refractivity contribution is 7.11. The molecule has 0 saturated carbocycles. The quantitative estimate of drug-likeness (QED) is 0.779. The van der Waals surface area contributed by atoms with Crippen LogP contribution in [-0.4, -0.2) is 28.4 Å². The van der Waals surface area contributed by atoms with E-state index in [2.05, 4.69) is 15.3 Å². The number of carbonyl (C=O) groups is 1. The predicted molar refractivity (Wildman–Crippen MR) is 57.0 cm³/mol. The number of rotatable bonds is 2. The van der Waals surface area contributed by atoms with E-state index in [0.717, 1.165) is 5.01 Å². The van der Waals surface area contributed by atoms with E-state index in [9.17, 15) is 4.79 Å². The van der Waals surface area contributed by atoms with Crippen LogP contribution in [0.3, 0.4) is 0 Å². The molecule has 0 atom stereocenters. The average Bonchev–Trinajstić information content (AvgIpc) is 2.69. The van der Waals surface area contributed by atoms with Crippen LogP contribution in [0.4, 0.5) is 0 Å². The molecular weight excluding hydrogens is 214 g/mol. The zero-order chi connectivity index (χ0) is 10.8. The van der Waals surface area contributed by atoms with E-state index in [1.807, 2.05) is 5.38 Å². The van der Waals surface area contributed by atoms with Crippen LogP contribution in [0.15, 0.2) is 27.8 Å². The summed E-state index contributed by atoms with van der Waals surface area (Å²) in [6, 6.07) is 0. The van der Waals surface area contributed by atoms with E-state index in [0.29, 0.717) is 17.1 Å². The van der Waals surface area contributed by atoms with Crippen molar-refractivity contribution in [3.8, 4) is 0 Å². The molecule has 5 nitrogen and oxygen atoms in total. The number of amidine groups is 1. The number of aromatic nitrogens is 1. The van der Waals surface area contributed by atoms with Crippen molar-refractivity contribution < 1.29 is 9.90 Å². The van der Waals surface area contributed by atoms with Gasteiger partial charge >= 0.3 is 5.97 Å². The van der Waals surface area contributed by atoms with Gasteiger partial charge in [0.15, 0.2) is 10.8 Å². The molecule has 1 aliphatic rings. The number of thiazole rings is 1. The monoisotopic (exact) mass is 223 g/mol. The SMILES string of the molecule is CC1=C(C(=O)O)CN=C(c2nccs2)N1. The van der Waals surface area contributed by atoms with E-state index in [1.54, 1.807) is 13.1 Å². The maximum absolute atomic E-state index is 10.8. The van der Waals surface area contributed by atoms with E-state index in [-0.39, 0.29) is 6.54 Å². The highest BCUT2D eigenvalue weighted by atomic mass is 32.1. The lowest BCUT2D eigenvalue weighted by Gasteiger charge is -2.15. The molecule has 0 bridgehead atoms. The van der Waals surface area contributed by atoms with Crippen LogP contribution in [0.1, 0.15) is 11.9 Å². The lowest BCUT2D eigenvalue weighted by Crippen LogP contribution is -2.30. The minimum absolute atomic E-state index is 0.197. The fraction of sp³-hybridized carbons (Fsp3) is 0.222. The van der Waals surface area contributed by atoms with Crippen molar-refractivity contribution in [2.45, 2.75) is 6.92 Å². The summed E-state index contributed by atoms with van der Waals surface area (Å²) in [7, 11) is 0. The van der Waals surface area contributed by atoms with Gasteiger partial charge in [0.05, 0.1) is 12.1 Å². The first-order valence-corrected chi connectivity index (χ1v) is 5.21. The van der Waals surface area contributed by atoms with Gasteiger partial charge in [-0.2, -0.15) is 0 Å². The summed E-state index contributed by atoms with van der Waals surface area (Å²) in [5.41, 5.74) is 0.929.